The van der Waals surface area contributed by atoms with Crippen LogP contribution < -0.4 is 4.90 Å². The smallest absolute Gasteiger partial charge is 0.228 e. The number of carbonyl (C=O) groups excluding carboxylic acids is 1. The molecule has 4 nitrogen and oxygen atoms in total. The Labute approximate surface area is 188 Å². The van der Waals surface area contributed by atoms with Gasteiger partial charge in [-0.3, -0.25) is 4.79 Å². The van der Waals surface area contributed by atoms with Crippen LogP contribution >= 0.6 is 34.7 Å². The van der Waals surface area contributed by atoms with E-state index in [1.165, 1.54) is 12.1 Å². The molecule has 2 heterocycles. The minimum absolute atomic E-state index is 0.106. The highest BCUT2D eigenvalue weighted by atomic mass is 35.5. The molecule has 1 fully saturated rings. The number of aromatic nitrogens is 1. The van der Waals surface area contributed by atoms with E-state index in [0.717, 1.165) is 45.1 Å². The van der Waals surface area contributed by atoms with Crippen molar-refractivity contribution in [2.75, 3.05) is 31.1 Å². The molecule has 1 aromatic heterocycles. The van der Waals surface area contributed by atoms with Crippen LogP contribution in [0.4, 0.5) is 10.1 Å². The van der Waals surface area contributed by atoms with Crippen molar-refractivity contribution < 1.29 is 9.18 Å². The number of piperazine rings is 1. The predicted octanol–water partition coefficient (Wildman–Crippen LogP) is 5.12. The molecule has 1 saturated heterocycles. The molecule has 0 unspecified atom stereocenters. The van der Waals surface area contributed by atoms with Gasteiger partial charge >= 0.3 is 0 Å². The van der Waals surface area contributed by atoms with E-state index in [4.69, 9.17) is 11.6 Å². The van der Waals surface area contributed by atoms with Crippen molar-refractivity contribution in [3.63, 3.8) is 0 Å². The van der Waals surface area contributed by atoms with Crippen LogP contribution in [-0.2, 0) is 17.0 Å². The maximum atomic E-state index is 13.0. The Hall–Kier alpha value is -2.09. The minimum atomic E-state index is -0.230. The van der Waals surface area contributed by atoms with Crippen LogP contribution in [0.5, 0.6) is 0 Å². The zero-order chi connectivity index (χ0) is 20.9. The van der Waals surface area contributed by atoms with Gasteiger partial charge in [-0.25, -0.2) is 9.37 Å². The summed E-state index contributed by atoms with van der Waals surface area (Å²) in [6.45, 7) is 2.90. The van der Waals surface area contributed by atoms with E-state index in [2.05, 4.69) is 9.88 Å². The lowest BCUT2D eigenvalue weighted by Crippen LogP contribution is -2.49. The third-order valence-electron chi connectivity index (χ3n) is 4.96. The highest BCUT2D eigenvalue weighted by Crippen LogP contribution is 2.28. The third kappa shape index (κ3) is 5.33. The zero-order valence-electron chi connectivity index (χ0n) is 16.3. The van der Waals surface area contributed by atoms with E-state index >= 15 is 0 Å². The molecule has 0 bridgehead atoms. The number of thiazole rings is 1. The summed E-state index contributed by atoms with van der Waals surface area (Å²) < 4.78 is 13.9. The standard InChI is InChI=1S/C22H21ClFN3OS2/c23-19-3-1-2-4-20(19)26-9-11-27(12-10-26)21(28)13-18-15-30-22(25-18)29-14-16-5-7-17(24)8-6-16/h1-8,15H,9-14H2. The van der Waals surface area contributed by atoms with Gasteiger partial charge in [0.2, 0.25) is 5.91 Å². The molecule has 3 aromatic rings. The topological polar surface area (TPSA) is 36.4 Å². The van der Waals surface area contributed by atoms with E-state index in [0.29, 0.717) is 19.5 Å². The molecule has 0 aliphatic carbocycles. The molecular weight excluding hydrogens is 441 g/mol. The van der Waals surface area contributed by atoms with Gasteiger partial charge in [0, 0.05) is 37.3 Å². The number of para-hydroxylation sites is 1. The number of anilines is 1. The summed E-state index contributed by atoms with van der Waals surface area (Å²) in [5.74, 6) is 0.603. The molecule has 30 heavy (non-hydrogen) atoms. The highest BCUT2D eigenvalue weighted by Gasteiger charge is 2.23. The predicted molar refractivity (Wildman–Crippen MR) is 122 cm³/mol. The second-order valence-electron chi connectivity index (χ2n) is 7.02. The van der Waals surface area contributed by atoms with Crippen molar-refractivity contribution in [1.82, 2.24) is 9.88 Å². The van der Waals surface area contributed by atoms with E-state index in [-0.39, 0.29) is 11.7 Å². The van der Waals surface area contributed by atoms with Crippen LogP contribution in [-0.4, -0.2) is 42.0 Å². The lowest BCUT2D eigenvalue weighted by molar-refractivity contribution is -0.130. The fourth-order valence-corrected chi connectivity index (χ4v) is 5.39. The molecule has 2 aromatic carbocycles. The normalized spacial score (nSPS) is 14.2. The second kappa shape index (κ2) is 9.81. The molecule has 1 aliphatic rings. The lowest BCUT2D eigenvalue weighted by Gasteiger charge is -2.36. The van der Waals surface area contributed by atoms with E-state index in [9.17, 15) is 9.18 Å². The first-order chi connectivity index (χ1) is 14.6. The molecule has 1 aliphatic heterocycles. The highest BCUT2D eigenvalue weighted by molar-refractivity contribution is 8.00. The summed E-state index contributed by atoms with van der Waals surface area (Å²) in [4.78, 5) is 21.4. The maximum absolute atomic E-state index is 13.0. The number of hydrogen-bond donors (Lipinski definition) is 0. The molecule has 156 valence electrons. The molecular formula is C22H21ClFN3OS2. The van der Waals surface area contributed by atoms with E-state index in [1.807, 2.05) is 34.5 Å². The van der Waals surface area contributed by atoms with Crippen LogP contribution in [0.3, 0.4) is 0 Å². The first-order valence-corrected chi connectivity index (χ1v) is 11.9. The average molecular weight is 462 g/mol. The Morgan fingerprint density at radius 1 is 1.10 bits per heavy atom. The number of hydrogen-bond acceptors (Lipinski definition) is 5. The van der Waals surface area contributed by atoms with Crippen molar-refractivity contribution >= 4 is 46.3 Å². The second-order valence-corrected chi connectivity index (χ2v) is 9.50. The summed E-state index contributed by atoms with van der Waals surface area (Å²) in [5, 5.41) is 2.69. The molecule has 0 atom stereocenters. The summed E-state index contributed by atoms with van der Waals surface area (Å²) in [5.41, 5.74) is 2.87. The minimum Gasteiger partial charge on any atom is -0.367 e. The van der Waals surface area contributed by atoms with E-state index in [1.54, 1.807) is 35.2 Å². The quantitative estimate of drug-likeness (QED) is 0.477. The number of halogens is 2. The largest absolute Gasteiger partial charge is 0.367 e. The summed E-state index contributed by atoms with van der Waals surface area (Å²) in [6.07, 6.45) is 0.319. The number of carbonyl (C=O) groups is 1. The number of amides is 1. The van der Waals surface area contributed by atoms with Gasteiger partial charge in [0.25, 0.3) is 0 Å². The fourth-order valence-electron chi connectivity index (χ4n) is 3.33. The molecule has 4 rings (SSSR count). The van der Waals surface area contributed by atoms with Gasteiger partial charge in [-0.15, -0.1) is 11.3 Å². The van der Waals surface area contributed by atoms with Gasteiger partial charge in [0.15, 0.2) is 0 Å². The van der Waals surface area contributed by atoms with Gasteiger partial charge in [0.05, 0.1) is 22.8 Å². The van der Waals surface area contributed by atoms with Crippen molar-refractivity contribution in [3.05, 3.63) is 76.0 Å². The number of rotatable bonds is 6. The van der Waals surface area contributed by atoms with Crippen molar-refractivity contribution in [2.45, 2.75) is 16.5 Å². The van der Waals surface area contributed by atoms with Crippen LogP contribution in [0.15, 0.2) is 58.3 Å². The monoisotopic (exact) mass is 461 g/mol. The summed E-state index contributed by atoms with van der Waals surface area (Å²) in [6, 6.07) is 14.3. The Kier molecular flexibility index (Phi) is 6.92. The SMILES string of the molecule is O=C(Cc1csc(SCc2ccc(F)cc2)n1)N1CCN(c2ccccc2Cl)CC1. The molecule has 0 saturated carbocycles. The summed E-state index contributed by atoms with van der Waals surface area (Å²) in [7, 11) is 0. The van der Waals surface area contributed by atoms with Crippen molar-refractivity contribution in [2.24, 2.45) is 0 Å². The van der Waals surface area contributed by atoms with Gasteiger partial charge in [-0.05, 0) is 29.8 Å². The van der Waals surface area contributed by atoms with Crippen LogP contribution in [0.25, 0.3) is 0 Å². The third-order valence-corrected chi connectivity index (χ3v) is 7.42. The van der Waals surface area contributed by atoms with Gasteiger partial charge in [-0.2, -0.15) is 0 Å². The Morgan fingerprint density at radius 2 is 1.83 bits per heavy atom. The van der Waals surface area contributed by atoms with Crippen molar-refractivity contribution in [1.29, 1.82) is 0 Å². The lowest BCUT2D eigenvalue weighted by atomic mass is 10.2. The Bertz CT molecular complexity index is 1000. The molecule has 8 heteroatoms. The molecule has 0 radical (unpaired) electrons. The zero-order valence-corrected chi connectivity index (χ0v) is 18.7. The van der Waals surface area contributed by atoms with Crippen molar-refractivity contribution in [3.8, 4) is 0 Å². The molecule has 0 spiro atoms. The fraction of sp³-hybridized carbons (Fsp3) is 0.273. The Morgan fingerprint density at radius 3 is 2.57 bits per heavy atom. The number of thioether (sulfide) groups is 1. The first kappa shape index (κ1) is 21.2. The number of benzene rings is 2. The van der Waals surface area contributed by atoms with Crippen LogP contribution in [0, 0.1) is 5.82 Å². The maximum Gasteiger partial charge on any atom is 0.228 e. The number of nitrogens with zero attached hydrogens (tertiary/aromatic N) is 3. The Balaban J connectivity index is 1.26. The van der Waals surface area contributed by atoms with Crippen LogP contribution in [0.1, 0.15) is 11.3 Å². The summed E-state index contributed by atoms with van der Waals surface area (Å²) >= 11 is 9.44. The first-order valence-electron chi connectivity index (χ1n) is 9.67. The van der Waals surface area contributed by atoms with Gasteiger partial charge in [-0.1, -0.05) is 47.6 Å². The van der Waals surface area contributed by atoms with Gasteiger partial charge in [0.1, 0.15) is 10.2 Å². The van der Waals surface area contributed by atoms with Crippen LogP contribution in [0.2, 0.25) is 5.02 Å². The molecule has 0 N–H and O–H groups in total. The van der Waals surface area contributed by atoms with Gasteiger partial charge < -0.3 is 9.80 Å². The average Bonchev–Trinajstić information content (AvgIpc) is 3.21. The van der Waals surface area contributed by atoms with E-state index < -0.39 is 0 Å². The molecule has 1 amide bonds.